The molecule has 0 aromatic heterocycles. The number of ether oxygens (including phenoxy) is 3. The van der Waals surface area contributed by atoms with Crippen LogP contribution in [-0.4, -0.2) is 79.9 Å². The minimum Gasteiger partial charge on any atom is -0.496 e. The normalized spacial score (nSPS) is 28.5. The van der Waals surface area contributed by atoms with Crippen LogP contribution in [0, 0.1) is 5.41 Å². The Morgan fingerprint density at radius 2 is 1.81 bits per heavy atom. The van der Waals surface area contributed by atoms with Crippen molar-refractivity contribution in [2.24, 2.45) is 5.41 Å². The van der Waals surface area contributed by atoms with Gasteiger partial charge in [-0.25, -0.2) is 0 Å². The van der Waals surface area contributed by atoms with Crippen LogP contribution in [0.2, 0.25) is 0 Å². The molecule has 2 saturated heterocycles. The Balaban J connectivity index is 1.99. The van der Waals surface area contributed by atoms with Gasteiger partial charge in [-0.2, -0.15) is 0 Å². The molecule has 1 amide bonds. The third kappa shape index (κ3) is 2.46. The summed E-state index contributed by atoms with van der Waals surface area (Å²) in [5.41, 5.74) is -0.906. The number of rotatable bonds is 4. The molecule has 3 heterocycles. The van der Waals surface area contributed by atoms with Crippen LogP contribution in [0.5, 0.6) is 5.75 Å². The number of hydrogen-bond donors (Lipinski definition) is 0. The number of hydrogen-bond acceptors (Lipinski definition) is 8. The molecule has 0 aliphatic carbocycles. The number of carbonyl (C=O) groups is 4. The van der Waals surface area contributed by atoms with Crippen LogP contribution in [-0.2, 0) is 23.9 Å². The molecule has 0 unspecified atom stereocenters. The van der Waals surface area contributed by atoms with Gasteiger partial charge in [0.15, 0.2) is 11.2 Å². The lowest BCUT2D eigenvalue weighted by atomic mass is 9.73. The molecule has 2 bridgehead atoms. The maximum atomic E-state index is 13.8. The summed E-state index contributed by atoms with van der Waals surface area (Å²) in [4.78, 5) is 56.4. The standard InChI is InChI=1S/C22H24N2O7/c1-6-12-15-11(8-7-9-14(15)29-3)17(25)16-18-22(20(27)30-4,21(28)31-5)10-13(23(18)2)19(26)24(12)16/h6-9,12-13,16,18H,1,10H2,2-5H3/t12-,13-,16-,18-/m0/s1. The molecule has 9 nitrogen and oxygen atoms in total. The summed E-state index contributed by atoms with van der Waals surface area (Å²) >= 11 is 0. The largest absolute Gasteiger partial charge is 0.496 e. The van der Waals surface area contributed by atoms with Crippen LogP contribution < -0.4 is 4.74 Å². The van der Waals surface area contributed by atoms with Gasteiger partial charge in [-0.15, -0.1) is 6.58 Å². The monoisotopic (exact) mass is 428 g/mol. The van der Waals surface area contributed by atoms with Crippen molar-refractivity contribution in [2.75, 3.05) is 28.4 Å². The molecule has 31 heavy (non-hydrogen) atoms. The molecular weight excluding hydrogens is 404 g/mol. The lowest BCUT2D eigenvalue weighted by molar-refractivity contribution is -0.173. The van der Waals surface area contributed by atoms with E-state index in [0.717, 1.165) is 0 Å². The maximum absolute atomic E-state index is 13.8. The number of amides is 1. The first-order valence-electron chi connectivity index (χ1n) is 9.84. The van der Waals surface area contributed by atoms with E-state index in [4.69, 9.17) is 14.2 Å². The zero-order valence-electron chi connectivity index (χ0n) is 17.8. The summed E-state index contributed by atoms with van der Waals surface area (Å²) in [6.45, 7) is 3.88. The van der Waals surface area contributed by atoms with Gasteiger partial charge in [0.05, 0.1) is 39.5 Å². The summed E-state index contributed by atoms with van der Waals surface area (Å²) in [5.74, 6) is -1.94. The molecule has 0 N–H and O–H groups in total. The Labute approximate surface area is 179 Å². The fourth-order valence-corrected chi connectivity index (χ4v) is 5.53. The zero-order chi connectivity index (χ0) is 22.7. The van der Waals surface area contributed by atoms with E-state index in [2.05, 4.69) is 6.58 Å². The molecule has 0 saturated carbocycles. The summed E-state index contributed by atoms with van der Waals surface area (Å²) in [5, 5.41) is 0. The molecule has 2 fully saturated rings. The van der Waals surface area contributed by atoms with E-state index >= 15 is 0 Å². The average molecular weight is 428 g/mol. The van der Waals surface area contributed by atoms with Crippen molar-refractivity contribution in [1.29, 1.82) is 0 Å². The number of benzene rings is 1. The summed E-state index contributed by atoms with van der Waals surface area (Å²) in [6.07, 6.45) is 1.44. The molecule has 164 valence electrons. The SMILES string of the molecule is C=C[C@H]1c2c(OC)cccc2C(=O)[C@H]2[C@@H]3N(C)[C@@H](CC3(C(=O)OC)C(=O)OC)C(=O)N12. The predicted molar refractivity (Wildman–Crippen MR) is 107 cm³/mol. The first-order valence-corrected chi connectivity index (χ1v) is 9.84. The molecule has 4 atom stereocenters. The van der Waals surface area contributed by atoms with E-state index in [-0.39, 0.29) is 18.1 Å². The fourth-order valence-electron chi connectivity index (χ4n) is 5.53. The van der Waals surface area contributed by atoms with Gasteiger partial charge in [0.25, 0.3) is 0 Å². The second-order valence-electron chi connectivity index (χ2n) is 7.94. The summed E-state index contributed by atoms with van der Waals surface area (Å²) in [7, 11) is 5.46. The summed E-state index contributed by atoms with van der Waals surface area (Å²) in [6, 6.07) is 1.53. The molecular formula is C22H24N2O7. The number of piperazine rings is 1. The number of esters is 2. The number of Topliss-reactive ketones (excluding diaryl/α,β-unsaturated/α-hetero) is 1. The smallest absolute Gasteiger partial charge is 0.325 e. The zero-order valence-corrected chi connectivity index (χ0v) is 17.8. The number of nitrogens with zero attached hydrogens (tertiary/aromatic N) is 2. The molecule has 3 aliphatic rings. The maximum Gasteiger partial charge on any atom is 0.325 e. The summed E-state index contributed by atoms with van der Waals surface area (Å²) < 4.78 is 15.4. The Morgan fingerprint density at radius 3 is 2.35 bits per heavy atom. The second-order valence-corrected chi connectivity index (χ2v) is 7.94. The van der Waals surface area contributed by atoms with Gasteiger partial charge in [0, 0.05) is 17.5 Å². The van der Waals surface area contributed by atoms with Crippen molar-refractivity contribution in [3.8, 4) is 5.75 Å². The third-order valence-electron chi connectivity index (χ3n) is 6.83. The van der Waals surface area contributed by atoms with Gasteiger partial charge in [0.2, 0.25) is 5.91 Å². The fraction of sp³-hybridized carbons (Fsp3) is 0.455. The minimum absolute atomic E-state index is 0.135. The Morgan fingerprint density at radius 1 is 1.16 bits per heavy atom. The van der Waals surface area contributed by atoms with Crippen molar-refractivity contribution >= 4 is 23.6 Å². The molecule has 0 spiro atoms. The molecule has 1 aromatic carbocycles. The predicted octanol–water partition coefficient (Wildman–Crippen LogP) is 0.734. The highest BCUT2D eigenvalue weighted by Crippen LogP contribution is 2.53. The van der Waals surface area contributed by atoms with E-state index in [1.54, 1.807) is 36.2 Å². The number of fused-ring (bicyclic) bond motifs is 5. The molecule has 0 radical (unpaired) electrons. The van der Waals surface area contributed by atoms with Gasteiger partial charge in [-0.1, -0.05) is 18.2 Å². The van der Waals surface area contributed by atoms with Crippen molar-refractivity contribution in [3.05, 3.63) is 42.0 Å². The van der Waals surface area contributed by atoms with E-state index in [1.807, 2.05) is 0 Å². The molecule has 4 rings (SSSR count). The highest BCUT2D eigenvalue weighted by Gasteiger charge is 2.72. The van der Waals surface area contributed by atoms with E-state index in [9.17, 15) is 19.2 Å². The van der Waals surface area contributed by atoms with E-state index in [1.165, 1.54) is 26.2 Å². The Bertz CT molecular complexity index is 988. The lowest BCUT2D eigenvalue weighted by Gasteiger charge is -2.51. The van der Waals surface area contributed by atoms with E-state index < -0.39 is 41.5 Å². The molecule has 1 aromatic rings. The topological polar surface area (TPSA) is 102 Å². The van der Waals surface area contributed by atoms with Crippen molar-refractivity contribution in [2.45, 2.75) is 30.6 Å². The van der Waals surface area contributed by atoms with Crippen LogP contribution in [0.3, 0.4) is 0 Å². The second kappa shape index (κ2) is 7.19. The van der Waals surface area contributed by atoms with Crippen LogP contribution in [0.1, 0.15) is 28.4 Å². The van der Waals surface area contributed by atoms with Crippen LogP contribution in [0.25, 0.3) is 0 Å². The van der Waals surface area contributed by atoms with Gasteiger partial charge >= 0.3 is 11.9 Å². The third-order valence-corrected chi connectivity index (χ3v) is 6.83. The van der Waals surface area contributed by atoms with Gasteiger partial charge in [0.1, 0.15) is 11.8 Å². The van der Waals surface area contributed by atoms with Gasteiger partial charge in [-0.05, 0) is 13.1 Å². The highest BCUT2D eigenvalue weighted by molar-refractivity contribution is 6.11. The van der Waals surface area contributed by atoms with Crippen LogP contribution >= 0.6 is 0 Å². The minimum atomic E-state index is -1.81. The first kappa shape index (κ1) is 21.0. The van der Waals surface area contributed by atoms with Crippen molar-refractivity contribution < 1.29 is 33.4 Å². The molecule has 9 heteroatoms. The van der Waals surface area contributed by atoms with Gasteiger partial charge < -0.3 is 19.1 Å². The average Bonchev–Trinajstić information content (AvgIpc) is 3.03. The number of methoxy groups -OCH3 is 3. The lowest BCUT2D eigenvalue weighted by Crippen LogP contribution is -2.69. The molecule has 3 aliphatic heterocycles. The first-order chi connectivity index (χ1) is 14.8. The van der Waals surface area contributed by atoms with E-state index in [0.29, 0.717) is 16.9 Å². The number of likely N-dealkylation sites (N-methyl/N-ethyl adjacent to an activating group) is 1. The van der Waals surface area contributed by atoms with Crippen LogP contribution in [0.4, 0.5) is 0 Å². The quantitative estimate of drug-likeness (QED) is 0.393. The van der Waals surface area contributed by atoms with Crippen LogP contribution in [0.15, 0.2) is 30.9 Å². The Hall–Kier alpha value is -3.20. The number of ketones is 1. The van der Waals surface area contributed by atoms with Gasteiger partial charge in [-0.3, -0.25) is 24.1 Å². The Kier molecular flexibility index (Phi) is 4.88. The number of carbonyl (C=O) groups excluding carboxylic acids is 4. The highest BCUT2D eigenvalue weighted by atomic mass is 16.5. The van der Waals surface area contributed by atoms with Crippen molar-refractivity contribution in [1.82, 2.24) is 9.80 Å². The van der Waals surface area contributed by atoms with Crippen molar-refractivity contribution in [3.63, 3.8) is 0 Å².